The summed E-state index contributed by atoms with van der Waals surface area (Å²) in [5.74, 6) is 0.836. The highest BCUT2D eigenvalue weighted by molar-refractivity contribution is 7.14. The predicted octanol–water partition coefficient (Wildman–Crippen LogP) is 1.30. The maximum atomic E-state index is 11.6. The van der Waals surface area contributed by atoms with Crippen LogP contribution in [0.1, 0.15) is 27.6 Å². The predicted molar refractivity (Wildman–Crippen MR) is 63.8 cm³/mol. The van der Waals surface area contributed by atoms with Gasteiger partial charge in [-0.3, -0.25) is 0 Å². The Morgan fingerprint density at radius 1 is 1.47 bits per heavy atom. The van der Waals surface area contributed by atoms with Gasteiger partial charge >= 0.3 is 11.9 Å². The molecule has 0 bridgehead atoms. The quantitative estimate of drug-likeness (QED) is 0.646. The molecule has 0 radical (unpaired) electrons. The average Bonchev–Trinajstić information content (AvgIpc) is 2.68. The van der Waals surface area contributed by atoms with E-state index in [1.54, 1.807) is 6.92 Å². The van der Waals surface area contributed by atoms with Crippen molar-refractivity contribution in [2.24, 2.45) is 0 Å². The highest BCUT2D eigenvalue weighted by atomic mass is 32.1. The van der Waals surface area contributed by atoms with Gasteiger partial charge in [0.15, 0.2) is 6.61 Å². The highest BCUT2D eigenvalue weighted by Gasteiger charge is 2.24. The topological polar surface area (TPSA) is 78.6 Å². The number of esters is 2. The molecule has 0 aliphatic heterocycles. The van der Waals surface area contributed by atoms with Crippen LogP contribution in [-0.2, 0) is 9.47 Å². The van der Waals surface area contributed by atoms with Crippen LogP contribution in [0.25, 0.3) is 0 Å². The molecule has 0 aromatic carbocycles. The molecule has 0 saturated carbocycles. The third-order valence-corrected chi connectivity index (χ3v) is 2.62. The molecule has 6 heteroatoms. The normalized spacial score (nSPS) is 9.41. The average molecular weight is 253 g/mol. The lowest BCUT2D eigenvalue weighted by Crippen LogP contribution is -2.13. The lowest BCUT2D eigenvalue weighted by molar-refractivity contribution is 0.0494. The third-order valence-electron chi connectivity index (χ3n) is 1.81. The Morgan fingerprint density at radius 3 is 2.76 bits per heavy atom. The second kappa shape index (κ2) is 5.92. The van der Waals surface area contributed by atoms with Crippen LogP contribution in [0.4, 0.5) is 5.00 Å². The number of terminal acetylenes is 1. The van der Waals surface area contributed by atoms with Gasteiger partial charge in [0.05, 0.1) is 12.2 Å². The van der Waals surface area contributed by atoms with Gasteiger partial charge in [0.25, 0.3) is 0 Å². The number of ether oxygens (including phenoxy) is 2. The molecule has 1 aromatic heterocycles. The van der Waals surface area contributed by atoms with Crippen molar-refractivity contribution in [3.8, 4) is 12.3 Å². The molecule has 0 fully saturated rings. The minimum atomic E-state index is -0.718. The summed E-state index contributed by atoms with van der Waals surface area (Å²) in [5, 5.41) is 1.66. The summed E-state index contributed by atoms with van der Waals surface area (Å²) in [6.07, 6.45) is 4.97. The van der Waals surface area contributed by atoms with Crippen molar-refractivity contribution in [2.45, 2.75) is 6.92 Å². The fourth-order valence-corrected chi connectivity index (χ4v) is 1.89. The maximum Gasteiger partial charge on any atom is 0.342 e. The number of thiophene rings is 1. The van der Waals surface area contributed by atoms with Gasteiger partial charge in [-0.25, -0.2) is 9.59 Å². The number of carbonyl (C=O) groups excluding carboxylic acids is 2. The van der Waals surface area contributed by atoms with Crippen LogP contribution in [0.15, 0.2) is 5.38 Å². The number of nitrogens with two attached hydrogens (primary N) is 1. The van der Waals surface area contributed by atoms with E-state index in [0.29, 0.717) is 0 Å². The third kappa shape index (κ3) is 2.98. The van der Waals surface area contributed by atoms with E-state index in [9.17, 15) is 9.59 Å². The Hall–Kier alpha value is -2.00. The number of rotatable bonds is 4. The first kappa shape index (κ1) is 13.1. The number of anilines is 1. The van der Waals surface area contributed by atoms with Gasteiger partial charge in [0.1, 0.15) is 10.6 Å². The van der Waals surface area contributed by atoms with Gasteiger partial charge in [-0.15, -0.1) is 17.8 Å². The van der Waals surface area contributed by atoms with Gasteiger partial charge in [-0.1, -0.05) is 5.92 Å². The van der Waals surface area contributed by atoms with E-state index in [1.165, 1.54) is 5.38 Å². The molecule has 0 unspecified atom stereocenters. The fourth-order valence-electron chi connectivity index (χ4n) is 1.12. The zero-order valence-corrected chi connectivity index (χ0v) is 10.0. The van der Waals surface area contributed by atoms with E-state index in [-0.39, 0.29) is 29.3 Å². The lowest BCUT2D eigenvalue weighted by atomic mass is 10.2. The molecule has 1 aromatic rings. The summed E-state index contributed by atoms with van der Waals surface area (Å²) in [5.41, 5.74) is 5.73. The van der Waals surface area contributed by atoms with Crippen LogP contribution in [0.3, 0.4) is 0 Å². The first-order valence-electron chi connectivity index (χ1n) is 4.76. The first-order chi connectivity index (χ1) is 8.11. The highest BCUT2D eigenvalue weighted by Crippen LogP contribution is 2.26. The molecular formula is C11H11NO4S. The second-order valence-electron chi connectivity index (χ2n) is 2.89. The summed E-state index contributed by atoms with van der Waals surface area (Å²) >= 11 is 1.07. The second-order valence-corrected chi connectivity index (χ2v) is 3.80. The van der Waals surface area contributed by atoms with Crippen LogP contribution >= 0.6 is 11.3 Å². The molecule has 0 amide bonds. The van der Waals surface area contributed by atoms with E-state index < -0.39 is 11.9 Å². The maximum absolute atomic E-state index is 11.6. The first-order valence-corrected chi connectivity index (χ1v) is 5.64. The van der Waals surface area contributed by atoms with E-state index in [2.05, 4.69) is 5.92 Å². The van der Waals surface area contributed by atoms with Crippen LogP contribution in [0.5, 0.6) is 0 Å². The molecule has 0 spiro atoms. The molecule has 2 N–H and O–H groups in total. The van der Waals surface area contributed by atoms with Crippen molar-refractivity contribution >= 4 is 28.3 Å². The molecule has 90 valence electrons. The van der Waals surface area contributed by atoms with E-state index in [0.717, 1.165) is 11.3 Å². The van der Waals surface area contributed by atoms with Gasteiger partial charge in [0, 0.05) is 5.38 Å². The summed E-state index contributed by atoms with van der Waals surface area (Å²) in [7, 11) is 0. The zero-order valence-electron chi connectivity index (χ0n) is 9.19. The van der Waals surface area contributed by atoms with Crippen LogP contribution in [-0.4, -0.2) is 25.2 Å². The Kier molecular flexibility index (Phi) is 4.55. The summed E-state index contributed by atoms with van der Waals surface area (Å²) in [6, 6.07) is 0. The Morgan fingerprint density at radius 2 is 2.18 bits per heavy atom. The van der Waals surface area contributed by atoms with Crippen LogP contribution in [0.2, 0.25) is 0 Å². The Labute approximate surface area is 103 Å². The standard InChI is InChI=1S/C11H11NO4S/c1-3-5-16-11(14)8-7(6-17-9(8)12)10(13)15-4-2/h1,6H,4-5,12H2,2H3. The fraction of sp³-hybridized carbons (Fsp3) is 0.273. The lowest BCUT2D eigenvalue weighted by Gasteiger charge is -2.04. The number of hydrogen-bond acceptors (Lipinski definition) is 6. The monoisotopic (exact) mass is 253 g/mol. The summed E-state index contributed by atoms with van der Waals surface area (Å²) < 4.78 is 9.53. The van der Waals surface area contributed by atoms with Crippen LogP contribution < -0.4 is 5.73 Å². The van der Waals surface area contributed by atoms with Crippen molar-refractivity contribution in [1.82, 2.24) is 0 Å². The smallest absolute Gasteiger partial charge is 0.342 e. The molecule has 0 aliphatic rings. The van der Waals surface area contributed by atoms with Crippen molar-refractivity contribution in [1.29, 1.82) is 0 Å². The van der Waals surface area contributed by atoms with Gasteiger partial charge in [0.2, 0.25) is 0 Å². The molecule has 0 atom stereocenters. The minimum Gasteiger partial charge on any atom is -0.462 e. The van der Waals surface area contributed by atoms with E-state index >= 15 is 0 Å². The van der Waals surface area contributed by atoms with Crippen LogP contribution in [0, 0.1) is 12.3 Å². The summed E-state index contributed by atoms with van der Waals surface area (Å²) in [4.78, 5) is 23.2. The molecular weight excluding hydrogens is 242 g/mol. The Balaban J connectivity index is 2.98. The molecule has 1 rings (SSSR count). The van der Waals surface area contributed by atoms with Gasteiger partial charge in [-0.05, 0) is 6.92 Å². The Bertz CT molecular complexity index is 472. The number of hydrogen-bond donors (Lipinski definition) is 1. The zero-order chi connectivity index (χ0) is 12.8. The SMILES string of the molecule is C#CCOC(=O)c1c(C(=O)OCC)csc1N. The van der Waals surface area contributed by atoms with Crippen molar-refractivity contribution in [3.05, 3.63) is 16.5 Å². The molecule has 0 aliphatic carbocycles. The van der Waals surface area contributed by atoms with E-state index in [1.807, 2.05) is 0 Å². The molecule has 0 saturated heterocycles. The largest absolute Gasteiger partial charge is 0.462 e. The number of nitrogen functional groups attached to an aromatic ring is 1. The van der Waals surface area contributed by atoms with Crippen molar-refractivity contribution in [2.75, 3.05) is 18.9 Å². The van der Waals surface area contributed by atoms with E-state index in [4.69, 9.17) is 21.6 Å². The van der Waals surface area contributed by atoms with Gasteiger partial charge < -0.3 is 15.2 Å². The summed E-state index contributed by atoms with van der Waals surface area (Å²) in [6.45, 7) is 1.72. The van der Waals surface area contributed by atoms with Gasteiger partial charge in [-0.2, -0.15) is 0 Å². The molecule has 17 heavy (non-hydrogen) atoms. The minimum absolute atomic E-state index is 0.0173. The molecule has 5 nitrogen and oxygen atoms in total. The molecule has 1 heterocycles. The van der Waals surface area contributed by atoms with Crippen molar-refractivity contribution in [3.63, 3.8) is 0 Å². The number of carbonyl (C=O) groups is 2. The van der Waals surface area contributed by atoms with Crippen molar-refractivity contribution < 1.29 is 19.1 Å².